The van der Waals surface area contributed by atoms with E-state index < -0.39 is 0 Å². The molecule has 0 saturated carbocycles. The maximum atomic E-state index is 9.49. The third-order valence-corrected chi connectivity index (χ3v) is 3.58. The van der Waals surface area contributed by atoms with Gasteiger partial charge in [0.15, 0.2) is 0 Å². The topological polar surface area (TPSA) is 61.7 Å². The summed E-state index contributed by atoms with van der Waals surface area (Å²) >= 11 is 5.78. The molecule has 0 unspecified atom stereocenters. The Morgan fingerprint density at radius 1 is 1.36 bits per heavy atom. The highest BCUT2D eigenvalue weighted by atomic mass is 35.5. The van der Waals surface area contributed by atoms with Crippen molar-refractivity contribution in [2.45, 2.75) is 0 Å². The highest BCUT2D eigenvalue weighted by Gasteiger charge is 2.09. The molecule has 0 aliphatic carbocycles. The summed E-state index contributed by atoms with van der Waals surface area (Å²) < 4.78 is 5.25. The summed E-state index contributed by atoms with van der Waals surface area (Å²) in [4.78, 5) is 7.19. The zero-order valence-corrected chi connectivity index (χ0v) is 12.6. The Balaban J connectivity index is 2.11. The van der Waals surface area contributed by atoms with Crippen molar-refractivity contribution in [3.63, 3.8) is 0 Å². The van der Waals surface area contributed by atoms with E-state index in [2.05, 4.69) is 16.0 Å². The molecular weight excluding hydrogens is 298 g/mol. The number of aromatic nitrogens is 2. The number of ether oxygens (including phenoxy) is 1. The minimum Gasteiger partial charge on any atom is -0.497 e. The van der Waals surface area contributed by atoms with Gasteiger partial charge in [0.05, 0.1) is 18.8 Å². The SMILES string of the molecule is COc1ccc2[nH]cc(/C(C#N)=C/c3ccc(Cl)nc3)c2c1. The third-order valence-electron chi connectivity index (χ3n) is 3.36. The number of allylic oxidation sites excluding steroid dienone is 1. The van der Waals surface area contributed by atoms with Gasteiger partial charge in [-0.1, -0.05) is 17.7 Å². The molecule has 0 spiro atoms. The molecule has 0 amide bonds. The quantitative estimate of drug-likeness (QED) is 0.580. The molecule has 3 rings (SSSR count). The van der Waals surface area contributed by atoms with Crippen LogP contribution in [-0.4, -0.2) is 17.1 Å². The van der Waals surface area contributed by atoms with Crippen LogP contribution in [-0.2, 0) is 0 Å². The van der Waals surface area contributed by atoms with Gasteiger partial charge in [0.1, 0.15) is 10.9 Å². The van der Waals surface area contributed by atoms with Gasteiger partial charge in [0, 0.05) is 28.9 Å². The predicted molar refractivity (Wildman–Crippen MR) is 87.6 cm³/mol. The van der Waals surface area contributed by atoms with Crippen molar-refractivity contribution in [1.29, 1.82) is 5.26 Å². The first-order valence-electron chi connectivity index (χ1n) is 6.60. The number of nitriles is 1. The first kappa shape index (κ1) is 14.2. The number of pyridine rings is 1. The number of nitrogens with zero attached hydrogens (tertiary/aromatic N) is 2. The van der Waals surface area contributed by atoms with E-state index in [4.69, 9.17) is 16.3 Å². The Morgan fingerprint density at radius 2 is 2.23 bits per heavy atom. The van der Waals surface area contributed by atoms with E-state index in [-0.39, 0.29) is 0 Å². The molecule has 2 heterocycles. The Hall–Kier alpha value is -2.77. The second kappa shape index (κ2) is 5.92. The second-order valence-corrected chi connectivity index (χ2v) is 5.09. The summed E-state index contributed by atoms with van der Waals surface area (Å²) in [5.41, 5.74) is 3.14. The van der Waals surface area contributed by atoms with Crippen LogP contribution in [0, 0.1) is 11.3 Å². The Bertz CT molecular complexity index is 888. The number of fused-ring (bicyclic) bond motifs is 1. The molecule has 0 aliphatic heterocycles. The first-order valence-corrected chi connectivity index (χ1v) is 6.98. The molecule has 1 N–H and O–H groups in total. The van der Waals surface area contributed by atoms with E-state index in [1.54, 1.807) is 25.4 Å². The number of halogens is 1. The fourth-order valence-corrected chi connectivity index (χ4v) is 2.37. The van der Waals surface area contributed by atoms with E-state index in [0.29, 0.717) is 10.7 Å². The average molecular weight is 310 g/mol. The molecule has 0 radical (unpaired) electrons. The van der Waals surface area contributed by atoms with Crippen LogP contribution < -0.4 is 4.74 Å². The third kappa shape index (κ3) is 2.67. The first-order chi connectivity index (χ1) is 10.7. The molecule has 5 heteroatoms. The number of hydrogen-bond acceptors (Lipinski definition) is 3. The van der Waals surface area contributed by atoms with Gasteiger partial charge in [-0.05, 0) is 35.9 Å². The number of hydrogen-bond donors (Lipinski definition) is 1. The molecule has 0 atom stereocenters. The van der Waals surface area contributed by atoms with E-state index in [9.17, 15) is 5.26 Å². The van der Waals surface area contributed by atoms with Crippen LogP contribution in [0.4, 0.5) is 0 Å². The van der Waals surface area contributed by atoms with Crippen LogP contribution in [0.2, 0.25) is 5.15 Å². The zero-order chi connectivity index (χ0) is 15.5. The van der Waals surface area contributed by atoms with Gasteiger partial charge in [-0.2, -0.15) is 5.26 Å². The van der Waals surface area contributed by atoms with E-state index in [1.807, 2.05) is 30.5 Å². The van der Waals surface area contributed by atoms with Gasteiger partial charge < -0.3 is 9.72 Å². The number of aromatic amines is 1. The summed E-state index contributed by atoms with van der Waals surface area (Å²) in [5, 5.41) is 10.9. The molecule has 4 nitrogen and oxygen atoms in total. The van der Waals surface area contributed by atoms with Crippen molar-refractivity contribution < 1.29 is 4.74 Å². The smallest absolute Gasteiger partial charge is 0.129 e. The minimum absolute atomic E-state index is 0.424. The van der Waals surface area contributed by atoms with Gasteiger partial charge in [0.25, 0.3) is 0 Å². The number of rotatable bonds is 3. The average Bonchev–Trinajstić information content (AvgIpc) is 2.97. The lowest BCUT2D eigenvalue weighted by atomic mass is 10.0. The molecule has 22 heavy (non-hydrogen) atoms. The lowest BCUT2D eigenvalue weighted by molar-refractivity contribution is 0.415. The Labute approximate surface area is 132 Å². The lowest BCUT2D eigenvalue weighted by Crippen LogP contribution is -1.84. The normalized spacial score (nSPS) is 11.4. The van der Waals surface area contributed by atoms with Crippen LogP contribution in [0.15, 0.2) is 42.7 Å². The highest BCUT2D eigenvalue weighted by molar-refractivity contribution is 6.29. The van der Waals surface area contributed by atoms with Gasteiger partial charge in [-0.25, -0.2) is 4.98 Å². The monoisotopic (exact) mass is 309 g/mol. The fraction of sp³-hybridized carbons (Fsp3) is 0.0588. The van der Waals surface area contributed by atoms with Crippen molar-refractivity contribution in [3.8, 4) is 11.8 Å². The Kier molecular flexibility index (Phi) is 3.82. The zero-order valence-electron chi connectivity index (χ0n) is 11.8. The maximum absolute atomic E-state index is 9.49. The van der Waals surface area contributed by atoms with Gasteiger partial charge >= 0.3 is 0 Å². The van der Waals surface area contributed by atoms with Crippen molar-refractivity contribution in [2.24, 2.45) is 0 Å². The summed E-state index contributed by atoms with van der Waals surface area (Å²) in [6.07, 6.45) is 5.24. The summed E-state index contributed by atoms with van der Waals surface area (Å²) in [6, 6.07) is 11.5. The molecular formula is C17H12ClN3O. The second-order valence-electron chi connectivity index (χ2n) is 4.70. The van der Waals surface area contributed by atoms with Crippen LogP contribution in [0.1, 0.15) is 11.1 Å². The van der Waals surface area contributed by atoms with Gasteiger partial charge in [-0.15, -0.1) is 0 Å². The molecule has 0 aliphatic rings. The van der Waals surface area contributed by atoms with E-state index >= 15 is 0 Å². The summed E-state index contributed by atoms with van der Waals surface area (Å²) in [7, 11) is 1.62. The van der Waals surface area contributed by atoms with Crippen molar-refractivity contribution in [2.75, 3.05) is 7.11 Å². The van der Waals surface area contributed by atoms with Crippen LogP contribution >= 0.6 is 11.6 Å². The fourth-order valence-electron chi connectivity index (χ4n) is 2.26. The molecule has 0 fully saturated rings. The summed E-state index contributed by atoms with van der Waals surface area (Å²) in [5.74, 6) is 0.749. The van der Waals surface area contributed by atoms with E-state index in [0.717, 1.165) is 27.8 Å². The van der Waals surface area contributed by atoms with E-state index in [1.165, 1.54) is 0 Å². The maximum Gasteiger partial charge on any atom is 0.129 e. The Morgan fingerprint density at radius 3 is 2.91 bits per heavy atom. The summed E-state index contributed by atoms with van der Waals surface area (Å²) in [6.45, 7) is 0. The van der Waals surface area contributed by atoms with Crippen LogP contribution in [0.3, 0.4) is 0 Å². The predicted octanol–water partition coefficient (Wildman–Crippen LogP) is 4.29. The molecule has 108 valence electrons. The molecule has 2 aromatic heterocycles. The number of nitrogens with one attached hydrogen (secondary N) is 1. The number of methoxy groups -OCH3 is 1. The van der Waals surface area contributed by atoms with Gasteiger partial charge in [-0.3, -0.25) is 0 Å². The number of H-pyrrole nitrogens is 1. The van der Waals surface area contributed by atoms with Crippen molar-refractivity contribution in [3.05, 3.63) is 59.0 Å². The van der Waals surface area contributed by atoms with Crippen LogP contribution in [0.25, 0.3) is 22.6 Å². The molecule has 0 saturated heterocycles. The lowest BCUT2D eigenvalue weighted by Gasteiger charge is -2.01. The largest absolute Gasteiger partial charge is 0.497 e. The number of benzene rings is 1. The molecule has 3 aromatic rings. The van der Waals surface area contributed by atoms with Crippen molar-refractivity contribution >= 4 is 34.2 Å². The van der Waals surface area contributed by atoms with Gasteiger partial charge in [0.2, 0.25) is 0 Å². The standard InChI is InChI=1S/C17H12ClN3O/c1-22-13-3-4-16-14(7-13)15(10-20-16)12(8-19)6-11-2-5-17(18)21-9-11/h2-7,9-10,20H,1H3/b12-6+. The van der Waals surface area contributed by atoms with Crippen LogP contribution in [0.5, 0.6) is 5.75 Å². The van der Waals surface area contributed by atoms with Crippen molar-refractivity contribution in [1.82, 2.24) is 9.97 Å². The minimum atomic E-state index is 0.424. The molecule has 0 bridgehead atoms. The highest BCUT2D eigenvalue weighted by Crippen LogP contribution is 2.29. The molecule has 1 aromatic carbocycles.